The number of hydrogen-bond acceptors (Lipinski definition) is 4. The average Bonchev–Trinajstić information content (AvgIpc) is 2.70. The van der Waals surface area contributed by atoms with Crippen molar-refractivity contribution in [1.29, 1.82) is 5.41 Å². The Kier molecular flexibility index (Phi) is 9.05. The van der Waals surface area contributed by atoms with Crippen LogP contribution in [0.2, 0.25) is 0 Å². The normalized spacial score (nSPS) is 11.1. The van der Waals surface area contributed by atoms with Crippen molar-refractivity contribution in [3.05, 3.63) is 65.2 Å². The summed E-state index contributed by atoms with van der Waals surface area (Å²) in [6.45, 7) is 0.331. The molecule has 0 aliphatic rings. The molecule has 0 saturated carbocycles. The second-order valence-corrected chi connectivity index (χ2v) is 5.92. The largest absolute Gasteiger partial charge is 0.492 e. The van der Waals surface area contributed by atoms with Crippen molar-refractivity contribution in [2.45, 2.75) is 12.4 Å². The minimum atomic E-state index is -5.08. The summed E-state index contributed by atoms with van der Waals surface area (Å²) in [5, 5.41) is 17.0. The molecule has 174 valence electrons. The second kappa shape index (κ2) is 11.0. The molecule has 0 aromatic heterocycles. The summed E-state index contributed by atoms with van der Waals surface area (Å²) in [7, 11) is 0. The van der Waals surface area contributed by atoms with Gasteiger partial charge in [-0.1, -0.05) is 12.1 Å². The van der Waals surface area contributed by atoms with Crippen molar-refractivity contribution in [3.8, 4) is 5.75 Å². The molecule has 0 atom stereocenters. The first-order valence-electron chi connectivity index (χ1n) is 8.54. The van der Waals surface area contributed by atoms with E-state index in [9.17, 15) is 31.1 Å². The maximum absolute atomic E-state index is 12.5. The standard InChI is InChI=1S/C17H16F3N3O2.C2HF3O2/c18-17(19,20)13-6-4-11(5-7-13)16(24)23-8-9-25-14-3-1-2-12(10-14)15(21)22;3-2(4,5)1(6)7/h1-7,10H,8-9H2,(H3,21,22)(H,23,24);(H,6,7). The summed E-state index contributed by atoms with van der Waals surface area (Å²) in [6.07, 6.45) is -9.52. The fraction of sp³-hybridized carbons (Fsp3) is 0.211. The number of carboxylic acids is 1. The fourth-order valence-electron chi connectivity index (χ4n) is 2.00. The van der Waals surface area contributed by atoms with Crippen LogP contribution in [0.3, 0.4) is 0 Å². The van der Waals surface area contributed by atoms with Gasteiger partial charge >= 0.3 is 18.3 Å². The smallest absolute Gasteiger partial charge is 0.490 e. The van der Waals surface area contributed by atoms with Gasteiger partial charge in [0.2, 0.25) is 0 Å². The molecule has 0 unspecified atom stereocenters. The third-order valence-corrected chi connectivity index (χ3v) is 3.52. The van der Waals surface area contributed by atoms with Gasteiger partial charge in [0.15, 0.2) is 0 Å². The number of ether oxygens (including phenoxy) is 1. The molecule has 0 aliphatic carbocycles. The van der Waals surface area contributed by atoms with E-state index in [0.29, 0.717) is 11.3 Å². The fourth-order valence-corrected chi connectivity index (χ4v) is 2.00. The summed E-state index contributed by atoms with van der Waals surface area (Å²) in [5.41, 5.74) is 5.22. The van der Waals surface area contributed by atoms with E-state index < -0.39 is 29.8 Å². The number of carboxylic acid groups (broad SMARTS) is 1. The molecule has 2 rings (SSSR count). The molecule has 0 heterocycles. The van der Waals surface area contributed by atoms with Crippen molar-refractivity contribution >= 4 is 17.7 Å². The number of nitrogen functional groups attached to an aromatic ring is 1. The Morgan fingerprint density at radius 2 is 1.56 bits per heavy atom. The Balaban J connectivity index is 0.000000633. The maximum atomic E-state index is 12.5. The number of nitrogens with two attached hydrogens (primary N) is 1. The van der Waals surface area contributed by atoms with Crippen molar-refractivity contribution < 1.29 is 45.8 Å². The van der Waals surface area contributed by atoms with Gasteiger partial charge in [-0.25, -0.2) is 4.79 Å². The molecule has 0 spiro atoms. The predicted octanol–water partition coefficient (Wildman–Crippen LogP) is 3.43. The highest BCUT2D eigenvalue weighted by Gasteiger charge is 2.38. The van der Waals surface area contributed by atoms with Crippen LogP contribution in [0.5, 0.6) is 5.75 Å². The summed E-state index contributed by atoms with van der Waals surface area (Å²) in [6, 6.07) is 10.6. The second-order valence-electron chi connectivity index (χ2n) is 5.92. The zero-order chi connectivity index (χ0) is 24.5. The molecule has 5 N–H and O–H groups in total. The number of rotatable bonds is 6. The molecule has 1 amide bonds. The van der Waals surface area contributed by atoms with Crippen molar-refractivity contribution in [3.63, 3.8) is 0 Å². The van der Waals surface area contributed by atoms with Crippen molar-refractivity contribution in [1.82, 2.24) is 5.32 Å². The van der Waals surface area contributed by atoms with Gasteiger partial charge in [-0.2, -0.15) is 26.3 Å². The lowest BCUT2D eigenvalue weighted by Crippen LogP contribution is -2.28. The van der Waals surface area contributed by atoms with Crippen LogP contribution in [0.1, 0.15) is 21.5 Å². The highest BCUT2D eigenvalue weighted by atomic mass is 19.4. The summed E-state index contributed by atoms with van der Waals surface area (Å²) < 4.78 is 74.6. The van der Waals surface area contributed by atoms with Crippen LogP contribution in [0.15, 0.2) is 48.5 Å². The van der Waals surface area contributed by atoms with E-state index >= 15 is 0 Å². The third-order valence-electron chi connectivity index (χ3n) is 3.52. The number of halogens is 6. The van der Waals surface area contributed by atoms with E-state index in [1.54, 1.807) is 24.3 Å². The van der Waals surface area contributed by atoms with Gasteiger partial charge < -0.3 is 20.9 Å². The number of amidine groups is 1. The van der Waals surface area contributed by atoms with Crippen LogP contribution in [0.25, 0.3) is 0 Å². The zero-order valence-electron chi connectivity index (χ0n) is 16.1. The Hall–Kier alpha value is -3.77. The molecule has 0 fully saturated rings. The minimum Gasteiger partial charge on any atom is -0.492 e. The number of nitrogens with one attached hydrogen (secondary N) is 2. The highest BCUT2D eigenvalue weighted by molar-refractivity contribution is 5.95. The van der Waals surface area contributed by atoms with Crippen LogP contribution < -0.4 is 15.8 Å². The van der Waals surface area contributed by atoms with Gasteiger partial charge in [0.25, 0.3) is 5.91 Å². The van der Waals surface area contributed by atoms with E-state index in [1.165, 1.54) is 0 Å². The molecular weight excluding hydrogens is 448 g/mol. The average molecular weight is 465 g/mol. The van der Waals surface area contributed by atoms with Crippen LogP contribution in [-0.4, -0.2) is 42.1 Å². The molecule has 2 aromatic carbocycles. The molecule has 0 aliphatic heterocycles. The molecule has 0 saturated heterocycles. The number of carbonyl (C=O) groups excluding carboxylic acids is 1. The Morgan fingerprint density at radius 1 is 1.00 bits per heavy atom. The van der Waals surface area contributed by atoms with Crippen LogP contribution >= 0.6 is 0 Å². The molecule has 13 heteroatoms. The number of amides is 1. The van der Waals surface area contributed by atoms with E-state index in [4.69, 9.17) is 25.8 Å². The summed E-state index contributed by atoms with van der Waals surface area (Å²) in [5.74, 6) is -2.83. The minimum absolute atomic E-state index is 0.0824. The maximum Gasteiger partial charge on any atom is 0.490 e. The van der Waals surface area contributed by atoms with Gasteiger partial charge in [0.05, 0.1) is 12.1 Å². The van der Waals surface area contributed by atoms with Gasteiger partial charge in [0, 0.05) is 11.1 Å². The number of hydrogen-bond donors (Lipinski definition) is 4. The molecular formula is C19H17F6N3O4. The van der Waals surface area contributed by atoms with E-state index in [-0.39, 0.29) is 24.6 Å². The molecule has 7 nitrogen and oxygen atoms in total. The van der Waals surface area contributed by atoms with Gasteiger partial charge in [-0.05, 0) is 36.4 Å². The first-order chi connectivity index (χ1) is 14.7. The predicted molar refractivity (Wildman–Crippen MR) is 100 cm³/mol. The van der Waals surface area contributed by atoms with E-state index in [2.05, 4.69) is 5.32 Å². The number of alkyl halides is 6. The number of benzene rings is 2. The van der Waals surface area contributed by atoms with E-state index in [0.717, 1.165) is 24.3 Å². The van der Waals surface area contributed by atoms with Crippen LogP contribution in [0, 0.1) is 5.41 Å². The lowest BCUT2D eigenvalue weighted by atomic mass is 10.1. The first-order valence-corrected chi connectivity index (χ1v) is 8.54. The monoisotopic (exact) mass is 465 g/mol. The lowest BCUT2D eigenvalue weighted by Gasteiger charge is -2.10. The third kappa shape index (κ3) is 8.93. The van der Waals surface area contributed by atoms with E-state index in [1.807, 2.05) is 0 Å². The van der Waals surface area contributed by atoms with Gasteiger partial charge in [-0.15, -0.1) is 0 Å². The molecule has 2 aromatic rings. The van der Waals surface area contributed by atoms with Crippen LogP contribution in [0.4, 0.5) is 26.3 Å². The lowest BCUT2D eigenvalue weighted by molar-refractivity contribution is -0.192. The molecule has 32 heavy (non-hydrogen) atoms. The zero-order valence-corrected chi connectivity index (χ0v) is 16.1. The Morgan fingerprint density at radius 3 is 2.03 bits per heavy atom. The highest BCUT2D eigenvalue weighted by Crippen LogP contribution is 2.29. The first kappa shape index (κ1) is 26.3. The van der Waals surface area contributed by atoms with Gasteiger partial charge in [0.1, 0.15) is 18.2 Å². The summed E-state index contributed by atoms with van der Waals surface area (Å²) in [4.78, 5) is 20.8. The number of aliphatic carboxylic acids is 1. The van der Waals surface area contributed by atoms with Crippen molar-refractivity contribution in [2.75, 3.05) is 13.2 Å². The quantitative estimate of drug-likeness (QED) is 0.225. The SMILES string of the molecule is N=C(N)c1cccc(OCCNC(=O)c2ccc(C(F)(F)F)cc2)c1.O=C(O)C(F)(F)F. The summed E-state index contributed by atoms with van der Waals surface area (Å²) >= 11 is 0. The molecule has 0 radical (unpaired) electrons. The Bertz CT molecular complexity index is 943. The van der Waals surface area contributed by atoms with Crippen LogP contribution in [-0.2, 0) is 11.0 Å². The topological polar surface area (TPSA) is 126 Å². The number of carbonyl (C=O) groups is 2. The van der Waals surface area contributed by atoms with Crippen molar-refractivity contribution in [2.24, 2.45) is 5.73 Å². The molecule has 0 bridgehead atoms. The Labute approximate surface area is 177 Å². The van der Waals surface area contributed by atoms with Gasteiger partial charge in [-0.3, -0.25) is 10.2 Å².